The molecule has 1 unspecified atom stereocenters. The number of halogens is 2. The maximum absolute atomic E-state index is 12.6. The van der Waals surface area contributed by atoms with Crippen LogP contribution in [0.1, 0.15) is 17.2 Å². The summed E-state index contributed by atoms with van der Waals surface area (Å²) in [6.45, 7) is -0.140. The predicted octanol–water partition coefficient (Wildman–Crippen LogP) is 2.28. The second-order valence-corrected chi connectivity index (χ2v) is 6.27. The lowest BCUT2D eigenvalue weighted by Crippen LogP contribution is -2.49. The zero-order valence-electron chi connectivity index (χ0n) is 14.2. The quantitative estimate of drug-likeness (QED) is 0.769. The van der Waals surface area contributed by atoms with Gasteiger partial charge in [-0.2, -0.15) is 5.01 Å². The highest BCUT2D eigenvalue weighted by Crippen LogP contribution is 2.38. The monoisotopic (exact) mass is 438 g/mol. The van der Waals surface area contributed by atoms with Crippen molar-refractivity contribution in [1.82, 2.24) is 10.4 Å². The number of benzene rings is 2. The molecule has 26 heavy (non-hydrogen) atoms. The Bertz CT molecular complexity index is 803. The summed E-state index contributed by atoms with van der Waals surface area (Å²) in [7, 11) is 1.71. The number of fused-ring (bicyclic) bond motifs is 1. The molecule has 138 valence electrons. The van der Waals surface area contributed by atoms with E-state index < -0.39 is 0 Å². The van der Waals surface area contributed by atoms with Gasteiger partial charge >= 0.3 is 0 Å². The van der Waals surface area contributed by atoms with E-state index in [-0.39, 0.29) is 47.9 Å². The van der Waals surface area contributed by atoms with E-state index in [1.807, 2.05) is 42.5 Å². The molecule has 0 saturated heterocycles. The normalized spacial score (nSPS) is 17.1. The van der Waals surface area contributed by atoms with Crippen LogP contribution < -0.4 is 16.1 Å². The van der Waals surface area contributed by atoms with Gasteiger partial charge in [-0.05, 0) is 23.8 Å². The third-order valence-electron chi connectivity index (χ3n) is 4.21. The van der Waals surface area contributed by atoms with Crippen molar-refractivity contribution in [3.8, 4) is 0 Å². The molecule has 1 atom stereocenters. The minimum absolute atomic E-state index is 0. The van der Waals surface area contributed by atoms with E-state index in [4.69, 9.17) is 17.3 Å². The number of hydrogen-bond donors (Lipinski definition) is 2. The second-order valence-electron chi connectivity index (χ2n) is 5.84. The van der Waals surface area contributed by atoms with Crippen molar-refractivity contribution in [2.45, 2.75) is 6.04 Å². The largest absolute Gasteiger partial charge is 0.322 e. The zero-order chi connectivity index (χ0) is 18.0. The lowest BCUT2D eigenvalue weighted by atomic mass is 9.96. The molecule has 0 aliphatic carbocycles. The molecular weight excluding hydrogens is 420 g/mol. The molecule has 3 N–H and O–H groups in total. The Labute approximate surface area is 167 Å². The first-order valence-electron chi connectivity index (χ1n) is 7.88. The minimum Gasteiger partial charge on any atom is -0.322 e. The maximum atomic E-state index is 12.6. The average molecular weight is 440 g/mol. The van der Waals surface area contributed by atoms with Crippen molar-refractivity contribution in [3.63, 3.8) is 0 Å². The smallest absolute Gasteiger partial charge is 0.248 e. The summed E-state index contributed by atoms with van der Waals surface area (Å²) < 4.78 is 0. The Morgan fingerprint density at radius 2 is 1.96 bits per heavy atom. The van der Waals surface area contributed by atoms with Crippen LogP contribution in [0.25, 0.3) is 0 Å². The number of amides is 2. The summed E-state index contributed by atoms with van der Waals surface area (Å²) in [5.74, 6) is -0.499. The molecule has 6 nitrogen and oxygen atoms in total. The van der Waals surface area contributed by atoms with E-state index in [0.717, 1.165) is 16.8 Å². The van der Waals surface area contributed by atoms with E-state index >= 15 is 0 Å². The molecule has 2 aromatic carbocycles. The lowest BCUT2D eigenvalue weighted by molar-refractivity contribution is -0.127. The highest BCUT2D eigenvalue weighted by Gasteiger charge is 2.33. The Hall–Kier alpha value is -1.93. The number of rotatable bonds is 3. The fraction of sp³-hybridized carbons (Fsp3) is 0.222. The van der Waals surface area contributed by atoms with E-state index in [2.05, 4.69) is 5.43 Å². The molecule has 0 aromatic heterocycles. The molecule has 0 radical (unpaired) electrons. The van der Waals surface area contributed by atoms with Gasteiger partial charge in [-0.25, -0.2) is 0 Å². The molecule has 3 rings (SSSR count). The van der Waals surface area contributed by atoms with Gasteiger partial charge < -0.3 is 10.6 Å². The van der Waals surface area contributed by atoms with E-state index in [1.54, 1.807) is 23.0 Å². The molecule has 8 heteroatoms. The average Bonchev–Trinajstić information content (AvgIpc) is 2.71. The highest BCUT2D eigenvalue weighted by molar-refractivity contribution is 8.93. The Morgan fingerprint density at radius 3 is 2.62 bits per heavy atom. The summed E-state index contributed by atoms with van der Waals surface area (Å²) in [6.07, 6.45) is 0. The number of likely N-dealkylation sites (N-methyl/N-ethyl adjacent to an activating group) is 1. The summed E-state index contributed by atoms with van der Waals surface area (Å²) in [5.41, 5.74) is 10.7. The molecular formula is C18H20BrClN4O2. The Kier molecular flexibility index (Phi) is 6.77. The van der Waals surface area contributed by atoms with Crippen LogP contribution in [0.15, 0.2) is 48.5 Å². The van der Waals surface area contributed by atoms with E-state index in [1.165, 1.54) is 0 Å². The van der Waals surface area contributed by atoms with Gasteiger partial charge in [0.25, 0.3) is 0 Å². The summed E-state index contributed by atoms with van der Waals surface area (Å²) in [6, 6.07) is 14.7. The molecule has 1 aliphatic rings. The highest BCUT2D eigenvalue weighted by atomic mass is 79.9. The first kappa shape index (κ1) is 20.4. The van der Waals surface area contributed by atoms with Gasteiger partial charge in [-0.15, -0.1) is 17.0 Å². The molecule has 0 spiro atoms. The van der Waals surface area contributed by atoms with Gasteiger partial charge in [-0.1, -0.05) is 41.9 Å². The fourth-order valence-corrected chi connectivity index (χ4v) is 3.18. The van der Waals surface area contributed by atoms with Crippen LogP contribution in [-0.2, 0) is 9.59 Å². The van der Waals surface area contributed by atoms with Gasteiger partial charge in [0.1, 0.15) is 0 Å². The van der Waals surface area contributed by atoms with Crippen LogP contribution >= 0.6 is 28.6 Å². The third-order valence-corrected chi connectivity index (χ3v) is 4.44. The number of carbonyl (C=O) groups is 2. The van der Waals surface area contributed by atoms with Gasteiger partial charge in [0.15, 0.2) is 0 Å². The van der Waals surface area contributed by atoms with Crippen molar-refractivity contribution in [3.05, 3.63) is 64.7 Å². The lowest BCUT2D eigenvalue weighted by Gasteiger charge is -2.30. The minimum atomic E-state index is -0.362. The third kappa shape index (κ3) is 4.07. The van der Waals surface area contributed by atoms with Crippen LogP contribution in [0.2, 0.25) is 5.02 Å². The van der Waals surface area contributed by atoms with Gasteiger partial charge in [0.05, 0.1) is 19.1 Å². The Balaban J connectivity index is 0.00000243. The van der Waals surface area contributed by atoms with E-state index in [9.17, 15) is 9.59 Å². The van der Waals surface area contributed by atoms with Crippen LogP contribution in [0, 0.1) is 0 Å². The number of nitrogens with zero attached hydrogens (tertiary/aromatic N) is 2. The first-order chi connectivity index (χ1) is 12.0. The molecule has 1 heterocycles. The second kappa shape index (κ2) is 8.64. The van der Waals surface area contributed by atoms with Crippen molar-refractivity contribution >= 4 is 46.1 Å². The maximum Gasteiger partial charge on any atom is 0.248 e. The number of nitrogens with two attached hydrogens (primary N) is 1. The van der Waals surface area contributed by atoms with E-state index in [0.29, 0.717) is 5.02 Å². The SMILES string of the molecule is Br.CN1C(=O)CN(NC(=O)CN)C(c2ccccc2)c2cc(Cl)ccc21. The van der Waals surface area contributed by atoms with Crippen LogP contribution in [0.3, 0.4) is 0 Å². The van der Waals surface area contributed by atoms with Crippen molar-refractivity contribution in [2.75, 3.05) is 25.0 Å². The molecule has 2 amide bonds. The Morgan fingerprint density at radius 1 is 1.27 bits per heavy atom. The number of hydrogen-bond acceptors (Lipinski definition) is 4. The number of nitrogens with one attached hydrogen (secondary N) is 1. The molecule has 0 bridgehead atoms. The van der Waals surface area contributed by atoms with Crippen LogP contribution in [0.4, 0.5) is 5.69 Å². The number of hydrazine groups is 1. The topological polar surface area (TPSA) is 78.7 Å². The van der Waals surface area contributed by atoms with Gasteiger partial charge in [0.2, 0.25) is 11.8 Å². The fourth-order valence-electron chi connectivity index (χ4n) is 3.00. The molecule has 0 fully saturated rings. The number of anilines is 1. The summed E-state index contributed by atoms with van der Waals surface area (Å²) in [4.78, 5) is 26.1. The summed E-state index contributed by atoms with van der Waals surface area (Å²) >= 11 is 6.22. The summed E-state index contributed by atoms with van der Waals surface area (Å²) in [5, 5.41) is 2.18. The first-order valence-corrected chi connectivity index (χ1v) is 8.26. The van der Waals surface area contributed by atoms with Gasteiger partial charge in [-0.3, -0.25) is 15.0 Å². The molecule has 1 aliphatic heterocycles. The van der Waals surface area contributed by atoms with Crippen molar-refractivity contribution < 1.29 is 9.59 Å². The van der Waals surface area contributed by atoms with Gasteiger partial charge in [0, 0.05) is 23.3 Å². The molecule has 2 aromatic rings. The zero-order valence-corrected chi connectivity index (χ0v) is 16.7. The van der Waals surface area contributed by atoms with Crippen molar-refractivity contribution in [2.24, 2.45) is 5.73 Å². The number of carbonyl (C=O) groups excluding carboxylic acids is 2. The standard InChI is InChI=1S/C18H19ClN4O2.BrH/c1-22-15-8-7-13(19)9-14(15)18(12-5-3-2-4-6-12)23(11-17(22)25)21-16(24)10-20;/h2-9,18H,10-11,20H2,1H3,(H,21,24);1H. The van der Waals surface area contributed by atoms with Crippen molar-refractivity contribution in [1.29, 1.82) is 0 Å². The van der Waals surface area contributed by atoms with Crippen LogP contribution in [0.5, 0.6) is 0 Å². The molecule has 0 saturated carbocycles. The van der Waals surface area contributed by atoms with Crippen LogP contribution in [-0.4, -0.2) is 37.0 Å². The predicted molar refractivity (Wildman–Crippen MR) is 107 cm³/mol.